The third kappa shape index (κ3) is 5.49. The molecule has 0 fully saturated rings. The highest BCUT2D eigenvalue weighted by Crippen LogP contribution is 2.47. The van der Waals surface area contributed by atoms with Crippen LogP contribution in [0.15, 0.2) is 41.3 Å². The van der Waals surface area contributed by atoms with Gasteiger partial charge in [0.2, 0.25) is 0 Å². The van der Waals surface area contributed by atoms with Gasteiger partial charge in [0, 0.05) is 18.3 Å². The molecular weight excluding hydrogens is 360 g/mol. The molecule has 0 aromatic carbocycles. The van der Waals surface area contributed by atoms with E-state index in [1.807, 2.05) is 23.0 Å². The van der Waals surface area contributed by atoms with Gasteiger partial charge in [-0.05, 0) is 23.0 Å². The zero-order chi connectivity index (χ0) is 15.9. The average molecular weight is 375 g/mol. The Hall–Kier alpha value is -0.700. The van der Waals surface area contributed by atoms with E-state index in [2.05, 4.69) is 9.47 Å². The Labute approximate surface area is 146 Å². The average Bonchev–Trinajstić information content (AvgIpc) is 3.14. The first-order chi connectivity index (χ1) is 10.6. The minimum absolute atomic E-state index is 0.225. The molecule has 2 aliphatic heterocycles. The van der Waals surface area contributed by atoms with Crippen LogP contribution in [0.3, 0.4) is 0 Å². The number of esters is 2. The van der Waals surface area contributed by atoms with E-state index in [0.717, 1.165) is 18.3 Å². The molecule has 0 atom stereocenters. The van der Waals surface area contributed by atoms with Crippen molar-refractivity contribution >= 4 is 59.0 Å². The van der Waals surface area contributed by atoms with Crippen molar-refractivity contribution in [3.8, 4) is 0 Å². The van der Waals surface area contributed by atoms with Crippen molar-refractivity contribution in [2.45, 2.75) is 12.8 Å². The van der Waals surface area contributed by atoms with E-state index in [9.17, 15) is 9.59 Å². The number of carbonyl (C=O) groups is 2. The van der Waals surface area contributed by atoms with Crippen LogP contribution in [0.2, 0.25) is 0 Å². The van der Waals surface area contributed by atoms with Crippen LogP contribution < -0.4 is 0 Å². The Balaban J connectivity index is 1.82. The standard InChI is InChI=1S/C14H14O4S4/c1-17-11(15)5-9-7-19-13(21-9)3-4-14-20-8-10(22-14)6-12(16)18-2/h3-4,7-8H,5-6H2,1-2H3. The second-order valence-electron chi connectivity index (χ2n) is 4.09. The molecule has 0 bridgehead atoms. The minimum atomic E-state index is -0.225. The predicted octanol–water partition coefficient (Wildman–Crippen LogP) is 4.44. The lowest BCUT2D eigenvalue weighted by Gasteiger charge is -1.99. The summed E-state index contributed by atoms with van der Waals surface area (Å²) in [4.78, 5) is 24.4. The highest BCUT2D eigenvalue weighted by molar-refractivity contribution is 8.28. The highest BCUT2D eigenvalue weighted by Gasteiger charge is 2.17. The van der Waals surface area contributed by atoms with Crippen LogP contribution in [0.1, 0.15) is 12.8 Å². The second kappa shape index (κ2) is 8.81. The summed E-state index contributed by atoms with van der Waals surface area (Å²) in [7, 11) is 2.79. The molecule has 2 aliphatic rings. The predicted molar refractivity (Wildman–Crippen MR) is 96.0 cm³/mol. The molecule has 118 valence electrons. The SMILES string of the molecule is COC(=O)CC1=CSC(=CC=C2SC=C(CC(=O)OC)S2)S1. The van der Waals surface area contributed by atoms with Gasteiger partial charge in [-0.2, -0.15) is 0 Å². The summed E-state index contributed by atoms with van der Waals surface area (Å²) < 4.78 is 11.6. The van der Waals surface area contributed by atoms with Gasteiger partial charge >= 0.3 is 11.9 Å². The maximum absolute atomic E-state index is 11.2. The molecular formula is C14H14O4S4. The van der Waals surface area contributed by atoms with Crippen LogP contribution in [0, 0.1) is 0 Å². The fourth-order valence-corrected chi connectivity index (χ4v) is 5.58. The van der Waals surface area contributed by atoms with Gasteiger partial charge in [-0.15, -0.1) is 0 Å². The minimum Gasteiger partial charge on any atom is -0.469 e. The van der Waals surface area contributed by atoms with E-state index in [1.54, 1.807) is 47.0 Å². The van der Waals surface area contributed by atoms with E-state index in [0.29, 0.717) is 12.8 Å². The highest BCUT2D eigenvalue weighted by atomic mass is 32.2. The molecule has 0 N–H and O–H groups in total. The van der Waals surface area contributed by atoms with Crippen molar-refractivity contribution in [3.63, 3.8) is 0 Å². The molecule has 0 aliphatic carbocycles. The van der Waals surface area contributed by atoms with Crippen LogP contribution in [-0.2, 0) is 19.1 Å². The Morgan fingerprint density at radius 1 is 0.909 bits per heavy atom. The van der Waals surface area contributed by atoms with Crippen molar-refractivity contribution in [1.29, 1.82) is 0 Å². The lowest BCUT2D eigenvalue weighted by molar-refractivity contribution is -0.140. The number of hydrogen-bond acceptors (Lipinski definition) is 8. The summed E-state index contributed by atoms with van der Waals surface area (Å²) in [5.41, 5.74) is 0. The van der Waals surface area contributed by atoms with E-state index < -0.39 is 0 Å². The summed E-state index contributed by atoms with van der Waals surface area (Å²) in [6.45, 7) is 0. The van der Waals surface area contributed by atoms with Gasteiger partial charge in [0.1, 0.15) is 0 Å². The smallest absolute Gasteiger partial charge is 0.310 e. The zero-order valence-electron chi connectivity index (χ0n) is 12.0. The Bertz CT molecular complexity index is 538. The summed E-state index contributed by atoms with van der Waals surface area (Å²) in [5, 5.41) is 3.95. The molecule has 22 heavy (non-hydrogen) atoms. The number of ether oxygens (including phenoxy) is 2. The zero-order valence-corrected chi connectivity index (χ0v) is 15.3. The topological polar surface area (TPSA) is 52.6 Å². The van der Waals surface area contributed by atoms with Crippen molar-refractivity contribution in [1.82, 2.24) is 0 Å². The summed E-state index contributed by atoms with van der Waals surface area (Å²) in [5.74, 6) is -0.449. The molecule has 0 spiro atoms. The molecule has 0 saturated heterocycles. The lowest BCUT2D eigenvalue weighted by atomic mass is 10.4. The van der Waals surface area contributed by atoms with E-state index in [1.165, 1.54) is 14.2 Å². The van der Waals surface area contributed by atoms with Gasteiger partial charge in [-0.1, -0.05) is 47.0 Å². The molecule has 0 radical (unpaired) electrons. The van der Waals surface area contributed by atoms with Crippen molar-refractivity contribution in [2.24, 2.45) is 0 Å². The van der Waals surface area contributed by atoms with Crippen molar-refractivity contribution in [2.75, 3.05) is 14.2 Å². The van der Waals surface area contributed by atoms with Gasteiger partial charge in [0.05, 0.1) is 27.1 Å². The first kappa shape index (κ1) is 17.7. The number of methoxy groups -OCH3 is 2. The van der Waals surface area contributed by atoms with Crippen LogP contribution in [-0.4, -0.2) is 26.2 Å². The molecule has 8 heteroatoms. The molecule has 2 heterocycles. The van der Waals surface area contributed by atoms with Crippen LogP contribution in [0.5, 0.6) is 0 Å². The fourth-order valence-electron chi connectivity index (χ4n) is 1.47. The van der Waals surface area contributed by atoms with Crippen molar-refractivity contribution in [3.05, 3.63) is 41.3 Å². The Morgan fingerprint density at radius 2 is 1.32 bits per heavy atom. The summed E-state index contributed by atoms with van der Waals surface area (Å²) in [6, 6.07) is 0. The van der Waals surface area contributed by atoms with Gasteiger partial charge in [-0.25, -0.2) is 0 Å². The Morgan fingerprint density at radius 3 is 1.68 bits per heavy atom. The molecule has 0 amide bonds. The van der Waals surface area contributed by atoms with Gasteiger partial charge in [0.25, 0.3) is 0 Å². The van der Waals surface area contributed by atoms with Crippen LogP contribution in [0.25, 0.3) is 0 Å². The van der Waals surface area contributed by atoms with Crippen LogP contribution in [0.4, 0.5) is 0 Å². The third-order valence-electron chi connectivity index (χ3n) is 2.52. The monoisotopic (exact) mass is 374 g/mol. The number of hydrogen-bond donors (Lipinski definition) is 0. The maximum atomic E-state index is 11.2. The number of carbonyl (C=O) groups excluding carboxylic acids is 2. The lowest BCUT2D eigenvalue weighted by Crippen LogP contribution is -1.99. The third-order valence-corrected chi connectivity index (χ3v) is 7.16. The summed E-state index contributed by atoms with van der Waals surface area (Å²) >= 11 is 6.37. The van der Waals surface area contributed by atoms with Crippen molar-refractivity contribution < 1.29 is 19.1 Å². The summed E-state index contributed by atoms with van der Waals surface area (Å²) in [6.07, 6.45) is 4.69. The van der Waals surface area contributed by atoms with E-state index >= 15 is 0 Å². The second-order valence-corrected chi connectivity index (χ2v) is 8.76. The molecule has 2 rings (SSSR count). The molecule has 0 aromatic rings. The van der Waals surface area contributed by atoms with E-state index in [4.69, 9.17) is 0 Å². The van der Waals surface area contributed by atoms with Gasteiger partial charge < -0.3 is 9.47 Å². The maximum Gasteiger partial charge on any atom is 0.310 e. The molecule has 0 saturated carbocycles. The fraction of sp³-hybridized carbons (Fsp3) is 0.286. The number of allylic oxidation sites excluding steroid dienone is 2. The normalized spacial score (nSPS) is 21.0. The Kier molecular flexibility index (Phi) is 7.07. The molecule has 4 nitrogen and oxygen atoms in total. The van der Waals surface area contributed by atoms with Gasteiger partial charge in [0.15, 0.2) is 0 Å². The molecule has 0 aromatic heterocycles. The van der Waals surface area contributed by atoms with Crippen LogP contribution >= 0.6 is 47.0 Å². The largest absolute Gasteiger partial charge is 0.469 e. The number of rotatable bonds is 5. The quantitative estimate of drug-likeness (QED) is 0.655. The first-order valence-corrected chi connectivity index (χ1v) is 9.62. The molecule has 0 unspecified atom stereocenters. The number of thioether (sulfide) groups is 4. The first-order valence-electron chi connectivity index (χ1n) is 6.23. The van der Waals surface area contributed by atoms with E-state index in [-0.39, 0.29) is 11.9 Å². The van der Waals surface area contributed by atoms with Gasteiger partial charge in [-0.3, -0.25) is 9.59 Å².